The largest absolute Gasteiger partial charge is 0.502 e. The highest BCUT2D eigenvalue weighted by molar-refractivity contribution is 7.99. The molecule has 0 atom stereocenters. The van der Waals surface area contributed by atoms with Crippen LogP contribution in [0.2, 0.25) is 0 Å². The predicted octanol–water partition coefficient (Wildman–Crippen LogP) is 1.82. The predicted molar refractivity (Wildman–Crippen MR) is 95.1 cm³/mol. The highest BCUT2D eigenvalue weighted by atomic mass is 32.2. The quantitative estimate of drug-likeness (QED) is 0.807. The van der Waals surface area contributed by atoms with E-state index >= 15 is 0 Å². The number of rotatable bonds is 5. The molecule has 0 spiro atoms. The van der Waals surface area contributed by atoms with Crippen molar-refractivity contribution in [3.63, 3.8) is 0 Å². The molecule has 9 heteroatoms. The number of aromatic nitrogens is 2. The molecule has 0 aromatic carbocycles. The number of nitrogens with zero attached hydrogens (tertiary/aromatic N) is 2. The first kappa shape index (κ1) is 18.5. The lowest BCUT2D eigenvalue weighted by atomic mass is 9.75. The molecule has 0 saturated carbocycles. The van der Waals surface area contributed by atoms with Crippen LogP contribution in [0.1, 0.15) is 42.5 Å². The lowest BCUT2D eigenvalue weighted by molar-refractivity contribution is -0.123. The van der Waals surface area contributed by atoms with E-state index in [4.69, 9.17) is 8.94 Å². The van der Waals surface area contributed by atoms with Gasteiger partial charge in [0.1, 0.15) is 5.76 Å². The number of nitrogens with one attached hydrogen (secondary N) is 1. The molecule has 0 aliphatic carbocycles. The van der Waals surface area contributed by atoms with Gasteiger partial charge in [0.15, 0.2) is 11.6 Å². The van der Waals surface area contributed by atoms with Gasteiger partial charge in [-0.15, -0.1) is 0 Å². The van der Waals surface area contributed by atoms with Crippen molar-refractivity contribution >= 4 is 17.7 Å². The molecule has 1 aliphatic rings. The van der Waals surface area contributed by atoms with Crippen molar-refractivity contribution in [1.82, 2.24) is 15.5 Å². The minimum Gasteiger partial charge on any atom is -0.502 e. The lowest BCUT2D eigenvalue weighted by Crippen LogP contribution is -2.38. The molecular weight excluding hydrogens is 358 g/mol. The Morgan fingerprint density at radius 2 is 2.12 bits per heavy atom. The summed E-state index contributed by atoms with van der Waals surface area (Å²) >= 11 is 1.78. The summed E-state index contributed by atoms with van der Waals surface area (Å²) in [6.07, 6.45) is 1.40. The Morgan fingerprint density at radius 1 is 1.38 bits per heavy atom. The Bertz CT molecular complexity index is 854. The molecule has 2 aromatic rings. The molecule has 0 radical (unpaired) electrons. The maximum Gasteiger partial charge on any atom is 0.246 e. The van der Waals surface area contributed by atoms with Gasteiger partial charge in [-0.2, -0.15) is 16.7 Å². The average molecular weight is 379 g/mol. The summed E-state index contributed by atoms with van der Waals surface area (Å²) in [6, 6.07) is 1.25. The standard InChI is InChI=1S/C17H21N3O5S/c1-10-7-12(21)15(23)16(24-10)17(3-5-26-6-4-17)8-13(22)18-9-14-19-11(2)20-25-14/h7,23H,3-6,8-9H2,1-2H3,(H,18,22). The fraction of sp³-hybridized carbons (Fsp3) is 0.529. The molecule has 2 N–H and O–H groups in total. The van der Waals surface area contributed by atoms with Gasteiger partial charge in [-0.1, -0.05) is 5.16 Å². The Balaban J connectivity index is 1.81. The Hall–Kier alpha value is -2.29. The van der Waals surface area contributed by atoms with Gasteiger partial charge in [0.2, 0.25) is 23.0 Å². The van der Waals surface area contributed by atoms with Gasteiger partial charge in [-0.05, 0) is 38.2 Å². The first-order valence-electron chi connectivity index (χ1n) is 8.37. The number of thioether (sulfide) groups is 1. The van der Waals surface area contributed by atoms with Crippen molar-refractivity contribution in [3.8, 4) is 5.75 Å². The van der Waals surface area contributed by atoms with Gasteiger partial charge in [-0.3, -0.25) is 9.59 Å². The number of hydrogen-bond donors (Lipinski definition) is 2. The molecule has 0 unspecified atom stereocenters. The van der Waals surface area contributed by atoms with E-state index in [2.05, 4.69) is 15.5 Å². The number of carbonyl (C=O) groups excluding carboxylic acids is 1. The highest BCUT2D eigenvalue weighted by Gasteiger charge is 2.41. The van der Waals surface area contributed by atoms with Crippen molar-refractivity contribution in [3.05, 3.63) is 39.5 Å². The molecule has 3 rings (SSSR count). The zero-order valence-electron chi connectivity index (χ0n) is 14.7. The fourth-order valence-corrected chi connectivity index (χ4v) is 4.44. The van der Waals surface area contributed by atoms with Crippen LogP contribution in [0.15, 0.2) is 19.8 Å². The van der Waals surface area contributed by atoms with E-state index in [1.54, 1.807) is 25.6 Å². The van der Waals surface area contributed by atoms with E-state index in [1.165, 1.54) is 6.07 Å². The Morgan fingerprint density at radius 3 is 2.77 bits per heavy atom. The summed E-state index contributed by atoms with van der Waals surface area (Å²) in [5.74, 6) is 2.49. The third kappa shape index (κ3) is 3.92. The SMILES string of the molecule is Cc1noc(CNC(=O)CC2(c3oc(C)cc(=O)c3O)CCSCC2)n1. The van der Waals surface area contributed by atoms with Gasteiger partial charge in [0, 0.05) is 17.9 Å². The molecule has 140 valence electrons. The van der Waals surface area contributed by atoms with Crippen LogP contribution in [0.25, 0.3) is 0 Å². The van der Waals surface area contributed by atoms with Crippen molar-refractivity contribution in [2.45, 2.75) is 45.1 Å². The van der Waals surface area contributed by atoms with Crippen LogP contribution in [0.3, 0.4) is 0 Å². The minimum atomic E-state index is -0.699. The smallest absolute Gasteiger partial charge is 0.246 e. The molecule has 8 nitrogen and oxygen atoms in total. The number of aromatic hydroxyl groups is 1. The zero-order valence-corrected chi connectivity index (χ0v) is 15.5. The van der Waals surface area contributed by atoms with Gasteiger partial charge in [0.05, 0.1) is 6.54 Å². The maximum absolute atomic E-state index is 12.5. The molecule has 2 aromatic heterocycles. The van der Waals surface area contributed by atoms with E-state index in [0.29, 0.717) is 30.3 Å². The van der Waals surface area contributed by atoms with E-state index < -0.39 is 16.6 Å². The molecule has 1 saturated heterocycles. The average Bonchev–Trinajstić information content (AvgIpc) is 3.02. The second kappa shape index (κ2) is 7.53. The van der Waals surface area contributed by atoms with Gasteiger partial charge < -0.3 is 19.4 Å². The summed E-state index contributed by atoms with van der Waals surface area (Å²) in [4.78, 5) is 28.6. The van der Waals surface area contributed by atoms with Crippen LogP contribution in [0.5, 0.6) is 5.75 Å². The fourth-order valence-electron chi connectivity index (χ4n) is 3.17. The molecule has 0 bridgehead atoms. The second-order valence-electron chi connectivity index (χ2n) is 6.48. The molecular formula is C17H21N3O5S. The molecule has 3 heterocycles. The summed E-state index contributed by atoms with van der Waals surface area (Å²) in [5, 5.41) is 16.7. The zero-order chi connectivity index (χ0) is 18.7. The molecule has 1 aliphatic heterocycles. The number of carbonyl (C=O) groups is 1. The van der Waals surface area contributed by atoms with Crippen molar-refractivity contribution in [2.75, 3.05) is 11.5 Å². The number of aryl methyl sites for hydroxylation is 2. The van der Waals surface area contributed by atoms with Crippen LogP contribution in [-0.4, -0.2) is 32.7 Å². The normalized spacial score (nSPS) is 16.4. The van der Waals surface area contributed by atoms with Crippen LogP contribution in [0.4, 0.5) is 0 Å². The van der Waals surface area contributed by atoms with Crippen LogP contribution >= 0.6 is 11.8 Å². The maximum atomic E-state index is 12.5. The first-order chi connectivity index (χ1) is 12.4. The second-order valence-corrected chi connectivity index (χ2v) is 7.71. The summed E-state index contributed by atoms with van der Waals surface area (Å²) in [5.41, 5.74) is -1.18. The van der Waals surface area contributed by atoms with E-state index in [-0.39, 0.29) is 24.6 Å². The van der Waals surface area contributed by atoms with Crippen LogP contribution in [-0.2, 0) is 16.8 Å². The number of hydrogen-bond acceptors (Lipinski definition) is 8. The van der Waals surface area contributed by atoms with Gasteiger partial charge in [0.25, 0.3) is 0 Å². The third-order valence-electron chi connectivity index (χ3n) is 4.48. The van der Waals surface area contributed by atoms with Crippen molar-refractivity contribution in [1.29, 1.82) is 0 Å². The van der Waals surface area contributed by atoms with Crippen molar-refractivity contribution in [2.24, 2.45) is 0 Å². The highest BCUT2D eigenvalue weighted by Crippen LogP contribution is 2.43. The topological polar surface area (TPSA) is 118 Å². The van der Waals surface area contributed by atoms with Gasteiger partial charge in [-0.25, -0.2) is 0 Å². The van der Waals surface area contributed by atoms with Crippen molar-refractivity contribution < 1.29 is 18.8 Å². The molecule has 1 fully saturated rings. The third-order valence-corrected chi connectivity index (χ3v) is 5.47. The molecule has 1 amide bonds. The first-order valence-corrected chi connectivity index (χ1v) is 9.53. The summed E-state index contributed by atoms with van der Waals surface area (Å²) in [6.45, 7) is 3.49. The lowest BCUT2D eigenvalue weighted by Gasteiger charge is -2.35. The van der Waals surface area contributed by atoms with E-state index in [0.717, 1.165) is 11.5 Å². The Kier molecular flexibility index (Phi) is 5.36. The summed E-state index contributed by atoms with van der Waals surface area (Å²) < 4.78 is 10.7. The monoisotopic (exact) mass is 379 g/mol. The van der Waals surface area contributed by atoms with Crippen LogP contribution in [0, 0.1) is 13.8 Å². The number of amides is 1. The molecule has 26 heavy (non-hydrogen) atoms. The van der Waals surface area contributed by atoms with Gasteiger partial charge >= 0.3 is 0 Å². The summed E-state index contributed by atoms with van der Waals surface area (Å²) in [7, 11) is 0. The minimum absolute atomic E-state index is 0.112. The van der Waals surface area contributed by atoms with E-state index in [1.807, 2.05) is 0 Å². The van der Waals surface area contributed by atoms with E-state index in [9.17, 15) is 14.7 Å². The van der Waals surface area contributed by atoms with Crippen LogP contribution < -0.4 is 10.7 Å². The Labute approximate surface area is 154 Å².